The van der Waals surface area contributed by atoms with E-state index in [2.05, 4.69) is 20.2 Å². The number of aliphatic imine (C=N–C) groups is 1. The molecule has 0 atom stereocenters. The molecule has 2 rings (SSSR count). The van der Waals surface area contributed by atoms with Gasteiger partial charge < -0.3 is 10.2 Å². The highest BCUT2D eigenvalue weighted by Crippen LogP contribution is 2.13. The highest BCUT2D eigenvalue weighted by Gasteiger charge is 2.08. The van der Waals surface area contributed by atoms with E-state index in [0.29, 0.717) is 0 Å². The maximum absolute atomic E-state index is 5.91. The summed E-state index contributed by atoms with van der Waals surface area (Å²) in [5.41, 5.74) is 4.13. The molecule has 0 aliphatic rings. The van der Waals surface area contributed by atoms with Gasteiger partial charge >= 0.3 is 0 Å². The molecule has 0 amide bonds. The van der Waals surface area contributed by atoms with Crippen molar-refractivity contribution in [1.82, 2.24) is 15.2 Å². The lowest BCUT2D eigenvalue weighted by molar-refractivity contribution is 0.477. The summed E-state index contributed by atoms with van der Waals surface area (Å²) in [6.07, 6.45) is 0. The van der Waals surface area contributed by atoms with Crippen LogP contribution in [0.2, 0.25) is 5.02 Å². The van der Waals surface area contributed by atoms with Crippen molar-refractivity contribution in [3.63, 3.8) is 0 Å². The number of thiazole rings is 1. The molecule has 0 bridgehead atoms. The van der Waals surface area contributed by atoms with Gasteiger partial charge in [0.15, 0.2) is 5.96 Å². The first kappa shape index (κ1) is 19.2. The Kier molecular flexibility index (Phi) is 8.13. The van der Waals surface area contributed by atoms with Crippen molar-refractivity contribution in [2.75, 3.05) is 14.1 Å². The number of aryl methyl sites for hydroxylation is 1. The van der Waals surface area contributed by atoms with Crippen molar-refractivity contribution in [2.45, 2.75) is 20.0 Å². The fraction of sp³-hybridized carbons (Fsp3) is 0.333. The van der Waals surface area contributed by atoms with Gasteiger partial charge in [-0.15, -0.1) is 35.3 Å². The molecule has 1 aromatic heterocycles. The van der Waals surface area contributed by atoms with E-state index in [-0.39, 0.29) is 24.0 Å². The van der Waals surface area contributed by atoms with E-state index in [1.807, 2.05) is 43.7 Å². The van der Waals surface area contributed by atoms with Crippen molar-refractivity contribution < 1.29 is 0 Å². The van der Waals surface area contributed by atoms with Crippen LogP contribution in [0.3, 0.4) is 0 Å². The first-order chi connectivity index (χ1) is 10.1. The molecular formula is C15H20ClIN4S. The third-order valence-corrected chi connectivity index (χ3v) is 4.35. The molecule has 0 saturated heterocycles. The van der Waals surface area contributed by atoms with Gasteiger partial charge in [-0.1, -0.05) is 23.7 Å². The molecule has 4 nitrogen and oxygen atoms in total. The second-order valence-corrected chi connectivity index (χ2v) is 6.12. The predicted molar refractivity (Wildman–Crippen MR) is 105 cm³/mol. The first-order valence-corrected chi connectivity index (χ1v) is 7.91. The maximum Gasteiger partial charge on any atom is 0.193 e. The smallest absolute Gasteiger partial charge is 0.193 e. The molecule has 1 heterocycles. The monoisotopic (exact) mass is 450 g/mol. The van der Waals surface area contributed by atoms with Gasteiger partial charge in [0.1, 0.15) is 0 Å². The van der Waals surface area contributed by atoms with E-state index < -0.39 is 0 Å². The second kappa shape index (κ2) is 9.32. The largest absolute Gasteiger partial charge is 0.351 e. The third-order valence-electron chi connectivity index (χ3n) is 3.16. The van der Waals surface area contributed by atoms with Crippen molar-refractivity contribution in [3.05, 3.63) is 50.9 Å². The molecule has 22 heavy (non-hydrogen) atoms. The van der Waals surface area contributed by atoms with E-state index in [1.54, 1.807) is 18.4 Å². The minimum absolute atomic E-state index is 0. The fourth-order valence-electron chi connectivity index (χ4n) is 1.98. The van der Waals surface area contributed by atoms with Crippen LogP contribution in [0.4, 0.5) is 0 Å². The number of aromatic nitrogens is 1. The topological polar surface area (TPSA) is 40.5 Å². The summed E-state index contributed by atoms with van der Waals surface area (Å²) >= 11 is 7.56. The van der Waals surface area contributed by atoms with Crippen molar-refractivity contribution in [1.29, 1.82) is 0 Å². The minimum Gasteiger partial charge on any atom is -0.351 e. The Morgan fingerprint density at radius 3 is 2.59 bits per heavy atom. The summed E-state index contributed by atoms with van der Waals surface area (Å²) in [5, 5.41) is 4.12. The Balaban J connectivity index is 0.00000242. The van der Waals surface area contributed by atoms with Gasteiger partial charge in [-0.05, 0) is 24.6 Å². The average molecular weight is 451 g/mol. The van der Waals surface area contributed by atoms with E-state index in [9.17, 15) is 0 Å². The second-order valence-electron chi connectivity index (χ2n) is 4.74. The zero-order valence-electron chi connectivity index (χ0n) is 12.8. The molecule has 0 fully saturated rings. The van der Waals surface area contributed by atoms with E-state index in [0.717, 1.165) is 29.8 Å². The van der Waals surface area contributed by atoms with Crippen LogP contribution in [0.1, 0.15) is 16.1 Å². The van der Waals surface area contributed by atoms with Crippen molar-refractivity contribution in [2.24, 2.45) is 4.99 Å². The molecule has 7 heteroatoms. The molecule has 0 spiro atoms. The lowest BCUT2D eigenvalue weighted by Gasteiger charge is -2.22. The SMILES string of the molecule is CN=C(NCc1scnc1C)N(C)Cc1ccc(Cl)cc1.I. The standard InChI is InChI=1S/C15H19ClN4S.HI/c1-11-14(21-10-19-11)8-18-15(17-2)20(3)9-12-4-6-13(16)7-5-12;/h4-7,10H,8-9H2,1-3H3,(H,17,18);1H. The van der Waals surface area contributed by atoms with Gasteiger partial charge in [0.2, 0.25) is 0 Å². The van der Waals surface area contributed by atoms with E-state index in [1.165, 1.54) is 10.4 Å². The Hall–Kier alpha value is -0.860. The molecule has 0 unspecified atom stereocenters. The lowest BCUT2D eigenvalue weighted by Crippen LogP contribution is -2.38. The zero-order valence-corrected chi connectivity index (χ0v) is 16.7. The van der Waals surface area contributed by atoms with Crippen LogP contribution in [-0.2, 0) is 13.1 Å². The van der Waals surface area contributed by atoms with Gasteiger partial charge in [-0.2, -0.15) is 0 Å². The summed E-state index contributed by atoms with van der Waals surface area (Å²) < 4.78 is 0. The summed E-state index contributed by atoms with van der Waals surface area (Å²) in [7, 11) is 3.81. The van der Waals surface area contributed by atoms with Gasteiger partial charge in [0.25, 0.3) is 0 Å². The lowest BCUT2D eigenvalue weighted by atomic mass is 10.2. The number of benzene rings is 1. The van der Waals surface area contributed by atoms with Crippen LogP contribution >= 0.6 is 46.9 Å². The van der Waals surface area contributed by atoms with Crippen LogP contribution in [0.25, 0.3) is 0 Å². The number of rotatable bonds is 4. The molecule has 1 aromatic carbocycles. The van der Waals surface area contributed by atoms with Crippen LogP contribution < -0.4 is 5.32 Å². The number of nitrogens with one attached hydrogen (secondary N) is 1. The quantitative estimate of drug-likeness (QED) is 0.436. The normalized spacial score (nSPS) is 11.0. The number of nitrogens with zero attached hydrogens (tertiary/aromatic N) is 3. The average Bonchev–Trinajstić information content (AvgIpc) is 2.88. The molecule has 0 aliphatic carbocycles. The summed E-state index contributed by atoms with van der Waals surface area (Å²) in [6.45, 7) is 3.54. The number of halogens is 2. The molecule has 2 aromatic rings. The van der Waals surface area contributed by atoms with Crippen LogP contribution in [-0.4, -0.2) is 29.9 Å². The number of hydrogen-bond acceptors (Lipinski definition) is 3. The zero-order chi connectivity index (χ0) is 15.2. The van der Waals surface area contributed by atoms with Crippen LogP contribution in [0, 0.1) is 6.92 Å². The van der Waals surface area contributed by atoms with Crippen molar-refractivity contribution >= 4 is 52.9 Å². The van der Waals surface area contributed by atoms with Gasteiger partial charge in [0, 0.05) is 30.5 Å². The Morgan fingerprint density at radius 1 is 1.36 bits per heavy atom. The number of guanidine groups is 1. The minimum atomic E-state index is 0. The first-order valence-electron chi connectivity index (χ1n) is 6.65. The molecule has 0 saturated carbocycles. The Bertz CT molecular complexity index is 612. The van der Waals surface area contributed by atoms with Gasteiger partial charge in [-0.3, -0.25) is 4.99 Å². The molecule has 0 radical (unpaired) electrons. The number of hydrogen-bond donors (Lipinski definition) is 1. The van der Waals surface area contributed by atoms with E-state index in [4.69, 9.17) is 11.6 Å². The molecule has 1 N–H and O–H groups in total. The highest BCUT2D eigenvalue weighted by atomic mass is 127. The summed E-state index contributed by atoms with van der Waals surface area (Å²) in [4.78, 5) is 11.9. The molecular weight excluding hydrogens is 431 g/mol. The van der Waals surface area contributed by atoms with Crippen LogP contribution in [0.15, 0.2) is 34.8 Å². The maximum atomic E-state index is 5.91. The fourth-order valence-corrected chi connectivity index (χ4v) is 2.82. The summed E-state index contributed by atoms with van der Waals surface area (Å²) in [6, 6.07) is 7.86. The van der Waals surface area contributed by atoms with E-state index >= 15 is 0 Å². The molecule has 120 valence electrons. The van der Waals surface area contributed by atoms with Gasteiger partial charge in [0.05, 0.1) is 17.7 Å². The predicted octanol–water partition coefficient (Wildman–Crippen LogP) is 3.93. The Labute approximate surface area is 157 Å². The van der Waals surface area contributed by atoms with Gasteiger partial charge in [-0.25, -0.2) is 4.98 Å². The Morgan fingerprint density at radius 2 is 2.05 bits per heavy atom. The summed E-state index contributed by atoms with van der Waals surface area (Å²) in [5.74, 6) is 0.859. The molecule has 0 aliphatic heterocycles. The van der Waals surface area contributed by atoms with Crippen molar-refractivity contribution in [3.8, 4) is 0 Å². The highest BCUT2D eigenvalue weighted by molar-refractivity contribution is 14.0. The van der Waals surface area contributed by atoms with Crippen LogP contribution in [0.5, 0.6) is 0 Å². The third kappa shape index (κ3) is 5.40.